The third-order valence-electron chi connectivity index (χ3n) is 2.88. The van der Waals surface area contributed by atoms with E-state index >= 15 is 0 Å². The summed E-state index contributed by atoms with van der Waals surface area (Å²) in [5.74, 6) is 0. The van der Waals surface area contributed by atoms with E-state index in [-0.39, 0.29) is 25.1 Å². The topological polar surface area (TPSA) is 57.1 Å². The van der Waals surface area contributed by atoms with Gasteiger partial charge in [0.2, 0.25) is 0 Å². The number of rotatable bonds is 7. The van der Waals surface area contributed by atoms with Crippen LogP contribution in [0.4, 0.5) is 0 Å². The second-order valence-corrected chi connectivity index (χ2v) is 4.09. The fourth-order valence-electron chi connectivity index (χ4n) is 1.70. The number of hydrogen-bond acceptors (Lipinski definition) is 2. The van der Waals surface area contributed by atoms with Gasteiger partial charge in [0.1, 0.15) is 6.04 Å². The molecule has 2 atom stereocenters. The van der Waals surface area contributed by atoms with E-state index in [0.717, 1.165) is 24.9 Å². The first kappa shape index (κ1) is 16.4. The van der Waals surface area contributed by atoms with Crippen molar-refractivity contribution in [3.8, 4) is 0 Å². The Hall–Kier alpha value is -0.610. The van der Waals surface area contributed by atoms with Crippen LogP contribution in [0.1, 0.15) is 31.4 Å². The van der Waals surface area contributed by atoms with E-state index in [4.69, 9.17) is 5.11 Å². The highest BCUT2D eigenvalue weighted by molar-refractivity contribution is 5.16. The maximum atomic E-state index is 9.90. The zero-order valence-electron chi connectivity index (χ0n) is 10.2. The van der Waals surface area contributed by atoms with Crippen LogP contribution in [0.5, 0.6) is 0 Å². The van der Waals surface area contributed by atoms with Gasteiger partial charge in [-0.25, -0.2) is 0 Å². The smallest absolute Gasteiger partial charge is 0.109 e. The molecule has 4 heteroatoms. The standard InChI is InChI=1S/C13H21NO2.ClH/c1-2-12(10-15)14-9-8-13(16)11-6-4-3-5-7-11;/h3-7,12-16H,2,8-10H2,1H3;1H. The van der Waals surface area contributed by atoms with Crippen molar-refractivity contribution in [2.75, 3.05) is 13.2 Å². The Morgan fingerprint density at radius 1 is 1.24 bits per heavy atom. The van der Waals surface area contributed by atoms with Crippen LogP contribution < -0.4 is 17.7 Å². The predicted octanol–water partition coefficient (Wildman–Crippen LogP) is -2.55. The minimum atomic E-state index is -0.395. The van der Waals surface area contributed by atoms with Gasteiger partial charge < -0.3 is 27.9 Å². The quantitative estimate of drug-likeness (QED) is 0.505. The lowest BCUT2D eigenvalue weighted by molar-refractivity contribution is -0.692. The maximum Gasteiger partial charge on any atom is 0.109 e. The molecule has 0 aliphatic carbocycles. The first-order valence-corrected chi connectivity index (χ1v) is 5.95. The molecule has 4 N–H and O–H groups in total. The van der Waals surface area contributed by atoms with E-state index in [1.807, 2.05) is 30.3 Å². The van der Waals surface area contributed by atoms with Crippen molar-refractivity contribution < 1.29 is 27.9 Å². The fraction of sp³-hybridized carbons (Fsp3) is 0.538. The molecule has 1 aromatic carbocycles. The predicted molar refractivity (Wildman–Crippen MR) is 64.0 cm³/mol. The molecule has 0 bridgehead atoms. The minimum absolute atomic E-state index is 0. The van der Waals surface area contributed by atoms with E-state index in [9.17, 15) is 5.11 Å². The summed E-state index contributed by atoms with van der Waals surface area (Å²) in [5.41, 5.74) is 0.966. The summed E-state index contributed by atoms with van der Waals surface area (Å²) in [4.78, 5) is 0. The first-order valence-electron chi connectivity index (χ1n) is 5.95. The van der Waals surface area contributed by atoms with Gasteiger partial charge in [0.25, 0.3) is 0 Å². The molecule has 98 valence electrons. The average Bonchev–Trinajstić information content (AvgIpc) is 2.35. The van der Waals surface area contributed by atoms with E-state index in [1.165, 1.54) is 0 Å². The maximum absolute atomic E-state index is 9.90. The Kier molecular flexibility index (Phi) is 9.09. The van der Waals surface area contributed by atoms with Crippen molar-refractivity contribution in [1.29, 1.82) is 0 Å². The summed E-state index contributed by atoms with van der Waals surface area (Å²) >= 11 is 0. The van der Waals surface area contributed by atoms with Crippen molar-refractivity contribution in [3.05, 3.63) is 35.9 Å². The van der Waals surface area contributed by atoms with Crippen LogP contribution in [-0.2, 0) is 0 Å². The van der Waals surface area contributed by atoms with Crippen molar-refractivity contribution in [3.63, 3.8) is 0 Å². The highest BCUT2D eigenvalue weighted by Gasteiger charge is 2.10. The number of nitrogens with two attached hydrogens (primary N) is 1. The molecule has 0 radical (unpaired) electrons. The third-order valence-corrected chi connectivity index (χ3v) is 2.88. The number of aliphatic hydroxyl groups is 2. The van der Waals surface area contributed by atoms with Crippen molar-refractivity contribution in [2.24, 2.45) is 0 Å². The Bertz CT molecular complexity index is 278. The molecule has 0 aliphatic rings. The Labute approximate surface area is 109 Å². The number of quaternary nitrogens is 1. The lowest BCUT2D eigenvalue weighted by Crippen LogP contribution is -3.00. The van der Waals surface area contributed by atoms with Crippen LogP contribution >= 0.6 is 0 Å². The molecule has 1 aromatic rings. The minimum Gasteiger partial charge on any atom is -1.00 e. The van der Waals surface area contributed by atoms with Crippen LogP contribution in [-0.4, -0.2) is 29.4 Å². The van der Waals surface area contributed by atoms with Crippen molar-refractivity contribution >= 4 is 0 Å². The largest absolute Gasteiger partial charge is 1.00 e. The number of halogens is 1. The molecule has 0 aromatic heterocycles. The lowest BCUT2D eigenvalue weighted by Gasteiger charge is -2.13. The van der Waals surface area contributed by atoms with E-state index < -0.39 is 6.10 Å². The lowest BCUT2D eigenvalue weighted by atomic mass is 10.1. The SMILES string of the molecule is CCC(CO)[NH2+]CCC(O)c1ccccc1.[Cl-]. The molecule has 0 spiro atoms. The van der Waals surface area contributed by atoms with Gasteiger partial charge in [-0.2, -0.15) is 0 Å². The van der Waals surface area contributed by atoms with E-state index in [2.05, 4.69) is 12.2 Å². The number of benzene rings is 1. The third kappa shape index (κ3) is 6.03. The van der Waals surface area contributed by atoms with E-state index in [0.29, 0.717) is 0 Å². The monoisotopic (exact) mass is 259 g/mol. The molecule has 0 amide bonds. The van der Waals surface area contributed by atoms with Gasteiger partial charge >= 0.3 is 0 Å². The summed E-state index contributed by atoms with van der Waals surface area (Å²) in [6, 6.07) is 9.96. The second kappa shape index (κ2) is 9.42. The summed E-state index contributed by atoms with van der Waals surface area (Å²) in [7, 11) is 0. The molecule has 3 nitrogen and oxygen atoms in total. The van der Waals surface area contributed by atoms with Crippen molar-refractivity contribution in [2.45, 2.75) is 31.9 Å². The van der Waals surface area contributed by atoms with Gasteiger partial charge in [0.05, 0.1) is 19.3 Å². The molecular formula is C13H22ClNO2. The van der Waals surface area contributed by atoms with Crippen LogP contribution in [0.25, 0.3) is 0 Å². The normalized spacial score (nSPS) is 13.8. The van der Waals surface area contributed by atoms with Crippen LogP contribution in [0.2, 0.25) is 0 Å². The molecule has 1 rings (SSSR count). The summed E-state index contributed by atoms with van der Waals surface area (Å²) in [5, 5.41) is 21.0. The summed E-state index contributed by atoms with van der Waals surface area (Å²) in [6.07, 6.45) is 1.28. The zero-order valence-corrected chi connectivity index (χ0v) is 11.0. The van der Waals surface area contributed by atoms with Gasteiger partial charge in [-0.3, -0.25) is 0 Å². The Morgan fingerprint density at radius 3 is 2.41 bits per heavy atom. The molecule has 0 aliphatic heterocycles. The molecule has 0 saturated heterocycles. The van der Waals surface area contributed by atoms with Gasteiger partial charge in [-0.15, -0.1) is 0 Å². The Balaban J connectivity index is 0.00000256. The highest BCUT2D eigenvalue weighted by Crippen LogP contribution is 2.14. The molecule has 0 fully saturated rings. The fourth-order valence-corrected chi connectivity index (χ4v) is 1.70. The zero-order chi connectivity index (χ0) is 11.8. The van der Waals surface area contributed by atoms with Crippen molar-refractivity contribution in [1.82, 2.24) is 0 Å². The van der Waals surface area contributed by atoms with Gasteiger partial charge in [0, 0.05) is 6.42 Å². The molecular weight excluding hydrogens is 238 g/mol. The van der Waals surface area contributed by atoms with Gasteiger partial charge in [-0.05, 0) is 12.0 Å². The van der Waals surface area contributed by atoms with Gasteiger partial charge in [-0.1, -0.05) is 37.3 Å². The first-order chi connectivity index (χ1) is 7.77. The Morgan fingerprint density at radius 2 is 1.88 bits per heavy atom. The van der Waals surface area contributed by atoms with Crippen LogP contribution in [0, 0.1) is 0 Å². The summed E-state index contributed by atoms with van der Waals surface area (Å²) < 4.78 is 0. The summed E-state index contributed by atoms with van der Waals surface area (Å²) in [6.45, 7) is 3.11. The van der Waals surface area contributed by atoms with Crippen LogP contribution in [0.15, 0.2) is 30.3 Å². The van der Waals surface area contributed by atoms with Crippen LogP contribution in [0.3, 0.4) is 0 Å². The highest BCUT2D eigenvalue weighted by atomic mass is 35.5. The second-order valence-electron chi connectivity index (χ2n) is 4.09. The molecule has 17 heavy (non-hydrogen) atoms. The molecule has 2 unspecified atom stereocenters. The number of aliphatic hydroxyl groups excluding tert-OH is 2. The average molecular weight is 260 g/mol. The number of hydrogen-bond donors (Lipinski definition) is 3. The molecule has 0 saturated carbocycles. The van der Waals surface area contributed by atoms with Gasteiger partial charge in [0.15, 0.2) is 0 Å². The molecule has 0 heterocycles. The van der Waals surface area contributed by atoms with E-state index in [1.54, 1.807) is 0 Å².